The van der Waals surface area contributed by atoms with E-state index in [-0.39, 0.29) is 5.54 Å². The Morgan fingerprint density at radius 1 is 0.926 bits per heavy atom. The van der Waals surface area contributed by atoms with Gasteiger partial charge in [-0.05, 0) is 26.8 Å². The van der Waals surface area contributed by atoms with Gasteiger partial charge in [0.15, 0.2) is 0 Å². The number of para-hydroxylation sites is 1. The molecular weight excluding hydrogens is 336 g/mol. The van der Waals surface area contributed by atoms with Crippen molar-refractivity contribution < 1.29 is 4.74 Å². The second kappa shape index (κ2) is 8.08. The summed E-state index contributed by atoms with van der Waals surface area (Å²) in [6.45, 7) is 6.89. The summed E-state index contributed by atoms with van der Waals surface area (Å²) in [5, 5.41) is 6.77. The summed E-state index contributed by atoms with van der Waals surface area (Å²) in [7, 11) is 1.68. The Bertz CT molecular complexity index is 888. The van der Waals surface area contributed by atoms with Crippen LogP contribution in [-0.4, -0.2) is 22.6 Å². The van der Waals surface area contributed by atoms with Gasteiger partial charge in [-0.15, -0.1) is 0 Å². The van der Waals surface area contributed by atoms with Crippen LogP contribution >= 0.6 is 0 Å². The van der Waals surface area contributed by atoms with Crippen LogP contribution in [0, 0.1) is 0 Å². The molecule has 1 heterocycles. The lowest BCUT2D eigenvalue weighted by Gasteiger charge is -2.21. The van der Waals surface area contributed by atoms with Crippen LogP contribution in [0.15, 0.2) is 60.7 Å². The smallest absolute Gasteiger partial charge is 0.225 e. The van der Waals surface area contributed by atoms with Crippen molar-refractivity contribution in [3.05, 3.63) is 66.2 Å². The van der Waals surface area contributed by atoms with Gasteiger partial charge >= 0.3 is 0 Å². The monoisotopic (exact) mass is 362 g/mol. The zero-order valence-electron chi connectivity index (χ0n) is 16.3. The van der Waals surface area contributed by atoms with Crippen molar-refractivity contribution in [1.29, 1.82) is 0 Å². The molecule has 0 spiro atoms. The van der Waals surface area contributed by atoms with Gasteiger partial charge in [0, 0.05) is 29.3 Å². The molecule has 3 aromatic rings. The number of hydrogen-bond acceptors (Lipinski definition) is 5. The quantitative estimate of drug-likeness (QED) is 0.648. The van der Waals surface area contributed by atoms with Crippen LogP contribution in [0.25, 0.3) is 11.3 Å². The summed E-state index contributed by atoms with van der Waals surface area (Å²) in [5.74, 6) is 2.23. The fourth-order valence-electron chi connectivity index (χ4n) is 2.72. The van der Waals surface area contributed by atoms with Gasteiger partial charge in [0.2, 0.25) is 5.95 Å². The summed E-state index contributed by atoms with van der Waals surface area (Å²) in [4.78, 5) is 9.33. The lowest BCUT2D eigenvalue weighted by Crippen LogP contribution is -2.27. The fraction of sp³-hybridized carbons (Fsp3) is 0.273. The van der Waals surface area contributed by atoms with Gasteiger partial charge in [0.1, 0.15) is 11.6 Å². The summed E-state index contributed by atoms with van der Waals surface area (Å²) >= 11 is 0. The molecule has 0 saturated heterocycles. The molecule has 1 aromatic heterocycles. The highest BCUT2D eigenvalue weighted by Crippen LogP contribution is 2.24. The minimum atomic E-state index is -0.130. The van der Waals surface area contributed by atoms with Gasteiger partial charge in [0.25, 0.3) is 0 Å². The largest absolute Gasteiger partial charge is 0.496 e. The molecule has 0 unspecified atom stereocenters. The zero-order chi connectivity index (χ0) is 19.3. The third-order valence-corrected chi connectivity index (χ3v) is 3.93. The first-order valence-corrected chi connectivity index (χ1v) is 9.03. The van der Waals surface area contributed by atoms with Gasteiger partial charge < -0.3 is 15.4 Å². The molecule has 0 radical (unpaired) electrons. The van der Waals surface area contributed by atoms with E-state index in [0.29, 0.717) is 12.5 Å². The second-order valence-corrected chi connectivity index (χ2v) is 7.37. The van der Waals surface area contributed by atoms with Crippen molar-refractivity contribution >= 4 is 11.8 Å². The average Bonchev–Trinajstić information content (AvgIpc) is 2.66. The summed E-state index contributed by atoms with van der Waals surface area (Å²) in [6, 6.07) is 20.1. The molecule has 2 N–H and O–H groups in total. The molecule has 0 fully saturated rings. The Morgan fingerprint density at radius 3 is 2.33 bits per heavy atom. The minimum absolute atomic E-state index is 0.130. The maximum Gasteiger partial charge on any atom is 0.225 e. The minimum Gasteiger partial charge on any atom is -0.496 e. The molecule has 5 nitrogen and oxygen atoms in total. The van der Waals surface area contributed by atoms with Crippen molar-refractivity contribution in [2.24, 2.45) is 0 Å². The molecule has 0 amide bonds. The topological polar surface area (TPSA) is 59.1 Å². The fourth-order valence-corrected chi connectivity index (χ4v) is 2.72. The molecule has 2 aromatic carbocycles. The van der Waals surface area contributed by atoms with E-state index >= 15 is 0 Å². The van der Waals surface area contributed by atoms with Crippen LogP contribution in [0.1, 0.15) is 26.3 Å². The number of nitrogens with one attached hydrogen (secondary N) is 2. The molecule has 5 heteroatoms. The summed E-state index contributed by atoms with van der Waals surface area (Å²) < 4.78 is 5.43. The number of nitrogens with zero attached hydrogens (tertiary/aromatic N) is 2. The zero-order valence-corrected chi connectivity index (χ0v) is 16.3. The van der Waals surface area contributed by atoms with Crippen LogP contribution < -0.4 is 15.4 Å². The molecule has 3 rings (SSSR count). The normalized spacial score (nSPS) is 11.1. The van der Waals surface area contributed by atoms with Crippen molar-refractivity contribution in [3.8, 4) is 17.0 Å². The molecule has 0 aliphatic rings. The highest BCUT2D eigenvalue weighted by molar-refractivity contribution is 5.64. The highest BCUT2D eigenvalue weighted by Gasteiger charge is 2.14. The third kappa shape index (κ3) is 5.20. The first-order valence-electron chi connectivity index (χ1n) is 9.03. The predicted octanol–water partition coefficient (Wildman–Crippen LogP) is 4.97. The van der Waals surface area contributed by atoms with Crippen LogP contribution in [0.5, 0.6) is 5.75 Å². The Labute approximate surface area is 160 Å². The van der Waals surface area contributed by atoms with Crippen LogP contribution in [0.2, 0.25) is 0 Å². The third-order valence-electron chi connectivity index (χ3n) is 3.93. The number of hydrogen-bond donors (Lipinski definition) is 2. The van der Waals surface area contributed by atoms with Crippen molar-refractivity contribution in [1.82, 2.24) is 9.97 Å². The van der Waals surface area contributed by atoms with E-state index in [2.05, 4.69) is 36.4 Å². The predicted molar refractivity (Wildman–Crippen MR) is 111 cm³/mol. The molecule has 0 bridgehead atoms. The molecule has 0 aliphatic heterocycles. The van der Waals surface area contributed by atoms with Gasteiger partial charge in [0.05, 0.1) is 12.8 Å². The van der Waals surface area contributed by atoms with E-state index in [1.54, 1.807) is 7.11 Å². The van der Waals surface area contributed by atoms with E-state index in [9.17, 15) is 0 Å². The van der Waals surface area contributed by atoms with Crippen LogP contribution in [0.3, 0.4) is 0 Å². The second-order valence-electron chi connectivity index (χ2n) is 7.37. The van der Waals surface area contributed by atoms with Gasteiger partial charge in [-0.25, -0.2) is 4.98 Å². The Hall–Kier alpha value is -3.08. The Kier molecular flexibility index (Phi) is 5.60. The van der Waals surface area contributed by atoms with Crippen LogP contribution in [0.4, 0.5) is 11.8 Å². The maximum atomic E-state index is 5.43. The first kappa shape index (κ1) is 18.7. The van der Waals surface area contributed by atoms with Crippen molar-refractivity contribution in [2.45, 2.75) is 32.9 Å². The number of aromatic nitrogens is 2. The SMILES string of the molecule is COc1ccccc1CNc1cc(-c2ccccc2)nc(NC(C)(C)C)n1. The number of anilines is 2. The lowest BCUT2D eigenvalue weighted by atomic mass is 10.1. The molecule has 0 saturated carbocycles. The van der Waals surface area contributed by atoms with E-state index in [4.69, 9.17) is 9.72 Å². The molecule has 0 aliphatic carbocycles. The van der Waals surface area contributed by atoms with E-state index in [0.717, 1.165) is 28.4 Å². The average molecular weight is 362 g/mol. The number of methoxy groups -OCH3 is 1. The summed E-state index contributed by atoms with van der Waals surface area (Å²) in [5.41, 5.74) is 2.87. The van der Waals surface area contributed by atoms with E-state index in [1.165, 1.54) is 0 Å². The van der Waals surface area contributed by atoms with E-state index < -0.39 is 0 Å². The van der Waals surface area contributed by atoms with Crippen LogP contribution in [-0.2, 0) is 6.54 Å². The van der Waals surface area contributed by atoms with Gasteiger partial charge in [-0.3, -0.25) is 0 Å². The molecule has 27 heavy (non-hydrogen) atoms. The molecule has 140 valence electrons. The Morgan fingerprint density at radius 2 is 1.63 bits per heavy atom. The standard InChI is InChI=1S/C22H26N4O/c1-22(2,3)26-21-24-18(16-10-6-5-7-11-16)14-20(25-21)23-15-17-12-8-9-13-19(17)27-4/h5-14H,15H2,1-4H3,(H2,23,24,25,26). The lowest BCUT2D eigenvalue weighted by molar-refractivity contribution is 0.410. The van der Waals surface area contributed by atoms with Crippen molar-refractivity contribution in [3.63, 3.8) is 0 Å². The maximum absolute atomic E-state index is 5.43. The van der Waals surface area contributed by atoms with Gasteiger partial charge in [-0.2, -0.15) is 4.98 Å². The summed E-state index contributed by atoms with van der Waals surface area (Å²) in [6.07, 6.45) is 0. The number of ether oxygens (including phenoxy) is 1. The Balaban J connectivity index is 1.90. The first-order chi connectivity index (χ1) is 12.9. The molecular formula is C22H26N4O. The highest BCUT2D eigenvalue weighted by atomic mass is 16.5. The molecule has 0 atom stereocenters. The number of rotatable bonds is 6. The van der Waals surface area contributed by atoms with E-state index in [1.807, 2.05) is 60.7 Å². The number of benzene rings is 2. The van der Waals surface area contributed by atoms with Gasteiger partial charge in [-0.1, -0.05) is 48.5 Å². The van der Waals surface area contributed by atoms with Crippen molar-refractivity contribution in [2.75, 3.05) is 17.7 Å².